The minimum atomic E-state index is -4.81. The summed E-state index contributed by atoms with van der Waals surface area (Å²) in [5, 5.41) is 4.43. The first-order chi connectivity index (χ1) is 11.8. The first kappa shape index (κ1) is 16.9. The highest BCUT2D eigenvalue weighted by Crippen LogP contribution is 2.31. The smallest absolute Gasteiger partial charge is 0.404 e. The Bertz CT molecular complexity index is 935. The molecule has 0 spiro atoms. The van der Waals surface area contributed by atoms with Gasteiger partial charge in [-0.05, 0) is 26.0 Å². The van der Waals surface area contributed by atoms with E-state index in [1.165, 1.54) is 18.5 Å². The lowest BCUT2D eigenvalue weighted by Crippen LogP contribution is -2.17. The SMILES string of the molecule is CC(C)n1nc(-c2cncc(OC(F)(F)F)c2)c2ncc(C=O)cc21. The van der Waals surface area contributed by atoms with Gasteiger partial charge in [0.05, 0.1) is 11.7 Å². The zero-order valence-electron chi connectivity index (χ0n) is 13.3. The summed E-state index contributed by atoms with van der Waals surface area (Å²) < 4.78 is 42.8. The fourth-order valence-corrected chi connectivity index (χ4v) is 2.43. The van der Waals surface area contributed by atoms with Crippen LogP contribution in [0, 0.1) is 0 Å². The van der Waals surface area contributed by atoms with Crippen molar-refractivity contribution in [3.05, 3.63) is 36.3 Å². The summed E-state index contributed by atoms with van der Waals surface area (Å²) in [5.74, 6) is -0.443. The highest BCUT2D eigenvalue weighted by Gasteiger charge is 2.31. The molecular formula is C16H13F3N4O2. The summed E-state index contributed by atoms with van der Waals surface area (Å²) in [7, 11) is 0. The molecule has 0 radical (unpaired) electrons. The quantitative estimate of drug-likeness (QED) is 0.670. The highest BCUT2D eigenvalue weighted by atomic mass is 19.4. The lowest BCUT2D eigenvalue weighted by molar-refractivity contribution is -0.274. The lowest BCUT2D eigenvalue weighted by Gasteiger charge is -2.09. The van der Waals surface area contributed by atoms with Crippen molar-refractivity contribution in [3.63, 3.8) is 0 Å². The summed E-state index contributed by atoms with van der Waals surface area (Å²) in [6.45, 7) is 3.79. The van der Waals surface area contributed by atoms with Gasteiger partial charge in [-0.1, -0.05) is 0 Å². The summed E-state index contributed by atoms with van der Waals surface area (Å²) >= 11 is 0. The van der Waals surface area contributed by atoms with Crippen molar-refractivity contribution in [1.29, 1.82) is 0 Å². The Morgan fingerprint density at radius 2 is 1.96 bits per heavy atom. The van der Waals surface area contributed by atoms with E-state index < -0.39 is 12.1 Å². The highest BCUT2D eigenvalue weighted by molar-refractivity contribution is 5.92. The zero-order valence-corrected chi connectivity index (χ0v) is 13.3. The number of hydrogen-bond donors (Lipinski definition) is 0. The third kappa shape index (κ3) is 3.44. The Labute approximate surface area is 140 Å². The standard InChI is InChI=1S/C16H13F3N4O2/c1-9(2)23-13-3-10(8-24)5-21-15(13)14(22-23)11-4-12(7-20-6-11)25-16(17,18)19/h3-9H,1-2H3. The molecule has 0 bridgehead atoms. The van der Waals surface area contributed by atoms with E-state index >= 15 is 0 Å². The monoisotopic (exact) mass is 350 g/mol. The van der Waals surface area contributed by atoms with Crippen LogP contribution in [0.15, 0.2) is 30.7 Å². The van der Waals surface area contributed by atoms with E-state index in [0.717, 1.165) is 6.20 Å². The second-order valence-electron chi connectivity index (χ2n) is 5.60. The van der Waals surface area contributed by atoms with Crippen LogP contribution in [0.2, 0.25) is 0 Å². The Morgan fingerprint density at radius 1 is 1.20 bits per heavy atom. The van der Waals surface area contributed by atoms with E-state index in [9.17, 15) is 18.0 Å². The molecule has 0 aliphatic carbocycles. The molecule has 0 aliphatic heterocycles. The molecule has 0 fully saturated rings. The van der Waals surface area contributed by atoms with Crippen molar-refractivity contribution in [3.8, 4) is 17.0 Å². The van der Waals surface area contributed by atoms with Gasteiger partial charge < -0.3 is 4.74 Å². The molecule has 0 aliphatic rings. The molecule has 3 heterocycles. The topological polar surface area (TPSA) is 69.9 Å². The number of pyridine rings is 2. The van der Waals surface area contributed by atoms with Crippen LogP contribution in [0.1, 0.15) is 30.2 Å². The number of fused-ring (bicyclic) bond motifs is 1. The van der Waals surface area contributed by atoms with E-state index in [1.807, 2.05) is 13.8 Å². The van der Waals surface area contributed by atoms with Crippen LogP contribution in [0.25, 0.3) is 22.3 Å². The number of alkyl halides is 3. The van der Waals surface area contributed by atoms with Crippen LogP contribution in [0.4, 0.5) is 13.2 Å². The molecule has 0 unspecified atom stereocenters. The van der Waals surface area contributed by atoms with Crippen molar-refractivity contribution in [1.82, 2.24) is 19.7 Å². The number of nitrogens with zero attached hydrogens (tertiary/aromatic N) is 4. The van der Waals surface area contributed by atoms with Crippen LogP contribution in [0.3, 0.4) is 0 Å². The maximum atomic E-state index is 12.4. The number of aldehydes is 1. The van der Waals surface area contributed by atoms with E-state index in [-0.39, 0.29) is 6.04 Å². The van der Waals surface area contributed by atoms with Gasteiger partial charge in [0.25, 0.3) is 0 Å². The van der Waals surface area contributed by atoms with Crippen molar-refractivity contribution >= 4 is 17.3 Å². The second-order valence-corrected chi connectivity index (χ2v) is 5.60. The number of carbonyl (C=O) groups is 1. The molecule has 9 heteroatoms. The average Bonchev–Trinajstić information content (AvgIpc) is 2.92. The zero-order chi connectivity index (χ0) is 18.2. The summed E-state index contributed by atoms with van der Waals surface area (Å²) in [4.78, 5) is 19.0. The maximum absolute atomic E-state index is 12.4. The molecule has 0 aromatic carbocycles. The molecule has 0 amide bonds. The molecular weight excluding hydrogens is 337 g/mol. The van der Waals surface area contributed by atoms with Gasteiger partial charge in [-0.3, -0.25) is 19.4 Å². The summed E-state index contributed by atoms with van der Waals surface area (Å²) in [6, 6.07) is 2.79. The van der Waals surface area contributed by atoms with Crippen LogP contribution < -0.4 is 4.74 Å². The minimum Gasteiger partial charge on any atom is -0.404 e. The molecule has 6 nitrogen and oxygen atoms in total. The fraction of sp³-hybridized carbons (Fsp3) is 0.250. The minimum absolute atomic E-state index is 0.0393. The largest absolute Gasteiger partial charge is 0.573 e. The predicted octanol–water partition coefficient (Wildman–Crippen LogP) is 3.79. The van der Waals surface area contributed by atoms with Gasteiger partial charge in [0.1, 0.15) is 17.0 Å². The Kier molecular flexibility index (Phi) is 4.15. The second kappa shape index (κ2) is 6.15. The lowest BCUT2D eigenvalue weighted by atomic mass is 10.1. The van der Waals surface area contributed by atoms with Crippen molar-refractivity contribution in [2.24, 2.45) is 0 Å². The molecule has 0 saturated heterocycles. The van der Waals surface area contributed by atoms with Gasteiger partial charge in [0.2, 0.25) is 0 Å². The van der Waals surface area contributed by atoms with Crippen LogP contribution in [0.5, 0.6) is 5.75 Å². The van der Waals surface area contributed by atoms with E-state index in [1.54, 1.807) is 10.7 Å². The molecule has 3 aromatic heterocycles. The average molecular weight is 350 g/mol. The number of carbonyl (C=O) groups excluding carboxylic acids is 1. The van der Waals surface area contributed by atoms with Gasteiger partial charge in [-0.2, -0.15) is 5.10 Å². The van der Waals surface area contributed by atoms with Gasteiger partial charge in [-0.15, -0.1) is 13.2 Å². The molecule has 0 atom stereocenters. The van der Waals surface area contributed by atoms with Crippen molar-refractivity contribution < 1.29 is 22.7 Å². The van der Waals surface area contributed by atoms with E-state index in [2.05, 4.69) is 19.8 Å². The van der Waals surface area contributed by atoms with Crippen molar-refractivity contribution in [2.45, 2.75) is 26.3 Å². The normalized spacial score (nSPS) is 11.9. The van der Waals surface area contributed by atoms with Gasteiger partial charge in [0, 0.05) is 29.6 Å². The third-order valence-electron chi connectivity index (χ3n) is 3.41. The van der Waals surface area contributed by atoms with Crippen molar-refractivity contribution in [2.75, 3.05) is 0 Å². The van der Waals surface area contributed by atoms with E-state index in [0.29, 0.717) is 34.1 Å². The number of ether oxygens (including phenoxy) is 1. The number of rotatable bonds is 4. The summed E-state index contributed by atoms with van der Waals surface area (Å²) in [5.41, 5.74) is 2.15. The maximum Gasteiger partial charge on any atom is 0.573 e. The first-order valence-electron chi connectivity index (χ1n) is 7.33. The van der Waals surface area contributed by atoms with Gasteiger partial charge >= 0.3 is 6.36 Å². The Balaban J connectivity index is 2.16. The van der Waals surface area contributed by atoms with Gasteiger partial charge in [0.15, 0.2) is 6.29 Å². The number of halogens is 3. The van der Waals surface area contributed by atoms with Crippen LogP contribution >= 0.6 is 0 Å². The number of hydrogen-bond acceptors (Lipinski definition) is 5. The van der Waals surface area contributed by atoms with E-state index in [4.69, 9.17) is 0 Å². The molecule has 130 valence electrons. The predicted molar refractivity (Wildman–Crippen MR) is 83.2 cm³/mol. The number of aromatic nitrogens is 4. The van der Waals surface area contributed by atoms with Crippen LogP contribution in [-0.2, 0) is 0 Å². The fourth-order valence-electron chi connectivity index (χ4n) is 2.43. The first-order valence-corrected chi connectivity index (χ1v) is 7.33. The molecule has 25 heavy (non-hydrogen) atoms. The third-order valence-corrected chi connectivity index (χ3v) is 3.41. The molecule has 3 aromatic rings. The van der Waals surface area contributed by atoms with Crippen LogP contribution in [-0.4, -0.2) is 32.4 Å². The molecule has 0 saturated carbocycles. The van der Waals surface area contributed by atoms with Gasteiger partial charge in [-0.25, -0.2) is 0 Å². The Hall–Kier alpha value is -2.97. The molecule has 3 rings (SSSR count). The Morgan fingerprint density at radius 3 is 2.60 bits per heavy atom. The summed E-state index contributed by atoms with van der Waals surface area (Å²) in [6.07, 6.45) is -0.407. The molecule has 0 N–H and O–H groups in total.